The van der Waals surface area contributed by atoms with Crippen LogP contribution in [0.15, 0.2) is 60.7 Å². The van der Waals surface area contributed by atoms with E-state index < -0.39 is 0 Å². The third-order valence-corrected chi connectivity index (χ3v) is 5.30. The average molecular weight is 365 g/mol. The quantitative estimate of drug-likeness (QED) is 0.714. The highest BCUT2D eigenvalue weighted by Gasteiger charge is 2.27. The minimum Gasteiger partial charge on any atom is -0.497 e. The van der Waals surface area contributed by atoms with Crippen molar-refractivity contribution >= 4 is 10.8 Å². The third kappa shape index (κ3) is 4.12. The zero-order valence-corrected chi connectivity index (χ0v) is 15.5. The molecule has 140 valence electrons. The minimum atomic E-state index is -0.197. The van der Waals surface area contributed by atoms with Gasteiger partial charge in [0.1, 0.15) is 11.6 Å². The van der Waals surface area contributed by atoms with E-state index >= 15 is 0 Å². The fraction of sp³-hybridized carbons (Fsp3) is 0.304. The number of fused-ring (bicyclic) bond motifs is 1. The molecule has 1 aliphatic rings. The molecule has 2 atom stereocenters. The van der Waals surface area contributed by atoms with Gasteiger partial charge in [-0.3, -0.25) is 0 Å². The van der Waals surface area contributed by atoms with Crippen LogP contribution in [0.2, 0.25) is 0 Å². The molecule has 0 saturated carbocycles. The van der Waals surface area contributed by atoms with E-state index in [1.54, 1.807) is 7.11 Å². The summed E-state index contributed by atoms with van der Waals surface area (Å²) in [6, 6.07) is 19.3. The maximum absolute atomic E-state index is 13.2. The van der Waals surface area contributed by atoms with Crippen molar-refractivity contribution in [3.8, 4) is 5.75 Å². The van der Waals surface area contributed by atoms with Crippen LogP contribution in [0.25, 0.3) is 10.8 Å². The summed E-state index contributed by atoms with van der Waals surface area (Å²) in [5, 5.41) is 5.74. The molecule has 0 amide bonds. The van der Waals surface area contributed by atoms with Crippen LogP contribution in [0, 0.1) is 5.82 Å². The molecule has 4 heteroatoms. The summed E-state index contributed by atoms with van der Waals surface area (Å²) in [5.74, 6) is 0.942. The van der Waals surface area contributed by atoms with Gasteiger partial charge < -0.3 is 14.8 Å². The topological polar surface area (TPSA) is 30.5 Å². The Bertz CT molecular complexity index is 910. The predicted molar refractivity (Wildman–Crippen MR) is 106 cm³/mol. The van der Waals surface area contributed by atoms with E-state index in [9.17, 15) is 4.39 Å². The van der Waals surface area contributed by atoms with Crippen molar-refractivity contribution in [2.75, 3.05) is 20.2 Å². The fourth-order valence-corrected chi connectivity index (χ4v) is 3.79. The largest absolute Gasteiger partial charge is 0.497 e. The number of hydrogen-bond donors (Lipinski definition) is 1. The second-order valence-corrected chi connectivity index (χ2v) is 7.05. The second-order valence-electron chi connectivity index (χ2n) is 7.05. The summed E-state index contributed by atoms with van der Waals surface area (Å²) < 4.78 is 24.9. The maximum atomic E-state index is 13.2. The molecule has 0 aliphatic carbocycles. The smallest absolute Gasteiger partial charge is 0.123 e. The Kier molecular flexibility index (Phi) is 5.37. The molecule has 0 aromatic heterocycles. The standard InChI is InChI=1S/C23H24FNO2/c1-26-21-9-6-17-3-2-16(12-19(17)13-21)15-27-23-14-25-11-10-22(23)18-4-7-20(24)8-5-18/h2-9,12-13,22-23,25H,10-11,14-15H2,1H3. The van der Waals surface area contributed by atoms with E-state index in [0.29, 0.717) is 6.61 Å². The predicted octanol–water partition coefficient (Wildman–Crippen LogP) is 4.65. The first kappa shape index (κ1) is 18.0. The van der Waals surface area contributed by atoms with E-state index in [1.807, 2.05) is 24.3 Å². The Balaban J connectivity index is 1.49. The average Bonchev–Trinajstić information content (AvgIpc) is 2.72. The van der Waals surface area contributed by atoms with Crippen molar-refractivity contribution in [1.82, 2.24) is 5.32 Å². The molecule has 0 bridgehead atoms. The van der Waals surface area contributed by atoms with Crippen LogP contribution in [0.4, 0.5) is 4.39 Å². The van der Waals surface area contributed by atoms with Crippen molar-refractivity contribution in [1.29, 1.82) is 0 Å². The minimum absolute atomic E-state index is 0.0743. The Hall–Kier alpha value is -2.43. The lowest BCUT2D eigenvalue weighted by Crippen LogP contribution is -2.40. The van der Waals surface area contributed by atoms with Crippen molar-refractivity contribution in [3.05, 3.63) is 77.6 Å². The Morgan fingerprint density at radius 2 is 1.81 bits per heavy atom. The zero-order chi connectivity index (χ0) is 18.6. The Morgan fingerprint density at radius 1 is 1.00 bits per heavy atom. The maximum Gasteiger partial charge on any atom is 0.123 e. The molecule has 1 fully saturated rings. The monoisotopic (exact) mass is 365 g/mol. The van der Waals surface area contributed by atoms with Gasteiger partial charge in [0.2, 0.25) is 0 Å². The lowest BCUT2D eigenvalue weighted by Gasteiger charge is -2.32. The van der Waals surface area contributed by atoms with Gasteiger partial charge in [-0.05, 0) is 65.2 Å². The summed E-state index contributed by atoms with van der Waals surface area (Å²) in [4.78, 5) is 0. The molecule has 1 heterocycles. The van der Waals surface area contributed by atoms with Gasteiger partial charge >= 0.3 is 0 Å². The van der Waals surface area contributed by atoms with Crippen LogP contribution in [-0.4, -0.2) is 26.3 Å². The van der Waals surface area contributed by atoms with Gasteiger partial charge in [0.05, 0.1) is 19.8 Å². The van der Waals surface area contributed by atoms with Crippen molar-refractivity contribution in [3.63, 3.8) is 0 Å². The molecule has 1 saturated heterocycles. The van der Waals surface area contributed by atoms with E-state index in [0.717, 1.165) is 41.8 Å². The van der Waals surface area contributed by atoms with Gasteiger partial charge in [-0.15, -0.1) is 0 Å². The van der Waals surface area contributed by atoms with Crippen LogP contribution >= 0.6 is 0 Å². The fourth-order valence-electron chi connectivity index (χ4n) is 3.79. The number of benzene rings is 3. The SMILES string of the molecule is COc1ccc2ccc(COC3CNCCC3c3ccc(F)cc3)cc2c1. The highest BCUT2D eigenvalue weighted by Crippen LogP contribution is 2.29. The van der Waals surface area contributed by atoms with Crippen LogP contribution < -0.4 is 10.1 Å². The molecule has 3 aromatic rings. The number of piperidine rings is 1. The van der Waals surface area contributed by atoms with Gasteiger partial charge in [-0.25, -0.2) is 4.39 Å². The Labute approximate surface area is 159 Å². The molecular formula is C23H24FNO2. The molecule has 3 nitrogen and oxygen atoms in total. The number of methoxy groups -OCH3 is 1. The van der Waals surface area contributed by atoms with Gasteiger partial charge in [-0.2, -0.15) is 0 Å². The summed E-state index contributed by atoms with van der Waals surface area (Å²) in [7, 11) is 1.68. The highest BCUT2D eigenvalue weighted by molar-refractivity contribution is 5.84. The molecule has 1 aliphatic heterocycles. The van der Waals surface area contributed by atoms with E-state index in [4.69, 9.17) is 9.47 Å². The van der Waals surface area contributed by atoms with Crippen LogP contribution in [0.3, 0.4) is 0 Å². The van der Waals surface area contributed by atoms with Crippen LogP contribution in [0.5, 0.6) is 5.75 Å². The summed E-state index contributed by atoms with van der Waals surface area (Å²) in [5.41, 5.74) is 2.28. The molecule has 0 spiro atoms. The number of nitrogens with one attached hydrogen (secondary N) is 1. The van der Waals surface area contributed by atoms with Crippen LogP contribution in [-0.2, 0) is 11.3 Å². The van der Waals surface area contributed by atoms with Gasteiger partial charge in [0, 0.05) is 12.5 Å². The molecule has 1 N–H and O–H groups in total. The molecule has 2 unspecified atom stereocenters. The molecular weight excluding hydrogens is 341 g/mol. The molecule has 0 radical (unpaired) electrons. The Morgan fingerprint density at radius 3 is 2.63 bits per heavy atom. The van der Waals surface area contributed by atoms with Crippen molar-refractivity contribution in [2.45, 2.75) is 25.0 Å². The molecule has 27 heavy (non-hydrogen) atoms. The molecule has 4 rings (SSSR count). The lowest BCUT2D eigenvalue weighted by atomic mass is 9.88. The van der Waals surface area contributed by atoms with E-state index in [1.165, 1.54) is 17.5 Å². The lowest BCUT2D eigenvalue weighted by molar-refractivity contribution is 0.0106. The van der Waals surface area contributed by atoms with Crippen molar-refractivity contribution < 1.29 is 13.9 Å². The summed E-state index contributed by atoms with van der Waals surface area (Å²) in [6.07, 6.45) is 1.07. The van der Waals surface area contributed by atoms with Crippen molar-refractivity contribution in [2.24, 2.45) is 0 Å². The molecule has 3 aromatic carbocycles. The number of rotatable bonds is 5. The summed E-state index contributed by atoms with van der Waals surface area (Å²) in [6.45, 7) is 2.32. The summed E-state index contributed by atoms with van der Waals surface area (Å²) >= 11 is 0. The van der Waals surface area contributed by atoms with E-state index in [-0.39, 0.29) is 17.8 Å². The van der Waals surface area contributed by atoms with Gasteiger partial charge in [0.15, 0.2) is 0 Å². The normalized spacial score (nSPS) is 19.9. The van der Waals surface area contributed by atoms with E-state index in [2.05, 4.69) is 29.6 Å². The highest BCUT2D eigenvalue weighted by atomic mass is 19.1. The first-order valence-electron chi connectivity index (χ1n) is 9.37. The second kappa shape index (κ2) is 8.07. The number of ether oxygens (including phenoxy) is 2. The van der Waals surface area contributed by atoms with Crippen LogP contribution in [0.1, 0.15) is 23.5 Å². The first-order valence-corrected chi connectivity index (χ1v) is 9.37. The van der Waals surface area contributed by atoms with Gasteiger partial charge in [0.25, 0.3) is 0 Å². The number of halogens is 1. The third-order valence-electron chi connectivity index (χ3n) is 5.30. The van der Waals surface area contributed by atoms with Gasteiger partial charge in [-0.1, -0.05) is 30.3 Å². The first-order chi connectivity index (χ1) is 13.2. The zero-order valence-electron chi connectivity index (χ0n) is 15.5. The number of hydrogen-bond acceptors (Lipinski definition) is 3.